The third kappa shape index (κ3) is 9.28. The molecule has 0 aromatic heterocycles. The smallest absolute Gasteiger partial charge is 0.186 e. The first kappa shape index (κ1) is 14.7. The van der Waals surface area contributed by atoms with Crippen LogP contribution >= 0.6 is 24.4 Å². The molecule has 4 N–H and O–H groups in total. The van der Waals surface area contributed by atoms with E-state index in [0.29, 0.717) is 10.2 Å². The van der Waals surface area contributed by atoms with Gasteiger partial charge in [-0.15, -0.1) is 0 Å². The van der Waals surface area contributed by atoms with Gasteiger partial charge in [0.05, 0.1) is 12.4 Å². The van der Waals surface area contributed by atoms with Crippen LogP contribution in [-0.4, -0.2) is 35.7 Å². The Morgan fingerprint density at radius 1 is 0.938 bits per heavy atom. The highest BCUT2D eigenvalue weighted by Gasteiger charge is 1.87. The fraction of sp³-hybridized carbons (Fsp3) is 0.500. The Bertz CT molecular complexity index is 248. The maximum Gasteiger partial charge on any atom is 0.186 e. The minimum atomic E-state index is 0.475. The summed E-state index contributed by atoms with van der Waals surface area (Å²) in [6, 6.07) is 0. The van der Waals surface area contributed by atoms with E-state index in [1.54, 1.807) is 0 Å². The van der Waals surface area contributed by atoms with Crippen LogP contribution in [-0.2, 0) is 0 Å². The van der Waals surface area contributed by atoms with Gasteiger partial charge < -0.3 is 10.6 Å². The molecule has 0 heterocycles. The summed E-state index contributed by atoms with van der Waals surface area (Å²) in [5.74, 6) is 0. The lowest BCUT2D eigenvalue weighted by atomic mass is 10.7. The van der Waals surface area contributed by atoms with Crippen LogP contribution in [0.5, 0.6) is 0 Å². The van der Waals surface area contributed by atoms with Gasteiger partial charge in [0, 0.05) is 13.1 Å². The van der Waals surface area contributed by atoms with E-state index in [4.69, 9.17) is 24.4 Å². The summed E-state index contributed by atoms with van der Waals surface area (Å²) >= 11 is 9.76. The van der Waals surface area contributed by atoms with Crippen LogP contribution in [0.25, 0.3) is 0 Å². The molecule has 0 spiro atoms. The summed E-state index contributed by atoms with van der Waals surface area (Å²) in [6.45, 7) is 5.41. The van der Waals surface area contributed by atoms with E-state index in [1.807, 2.05) is 13.8 Å². The van der Waals surface area contributed by atoms with Gasteiger partial charge in [0.25, 0.3) is 0 Å². The second kappa shape index (κ2) is 10.2. The molecule has 0 atom stereocenters. The number of hydrogen-bond acceptors (Lipinski definition) is 4. The van der Waals surface area contributed by atoms with Crippen LogP contribution in [0, 0.1) is 0 Å². The molecular formula is C8H16N6S2. The lowest BCUT2D eigenvalue weighted by molar-refractivity contribution is 0.901. The zero-order chi connectivity index (χ0) is 12.2. The summed E-state index contributed by atoms with van der Waals surface area (Å²) < 4.78 is 0. The van der Waals surface area contributed by atoms with Gasteiger partial charge in [0.15, 0.2) is 10.2 Å². The lowest BCUT2D eigenvalue weighted by Crippen LogP contribution is -2.32. The van der Waals surface area contributed by atoms with E-state index in [1.165, 1.54) is 12.4 Å². The van der Waals surface area contributed by atoms with Crippen LogP contribution in [0.2, 0.25) is 0 Å². The maximum absolute atomic E-state index is 4.88. The Balaban J connectivity index is 3.63. The zero-order valence-corrected chi connectivity index (χ0v) is 10.9. The number of thiocarbonyl (C=S) groups is 2. The molecule has 0 aromatic rings. The van der Waals surface area contributed by atoms with Crippen molar-refractivity contribution < 1.29 is 0 Å². The van der Waals surface area contributed by atoms with E-state index < -0.39 is 0 Å². The molecule has 0 bridgehead atoms. The molecule has 90 valence electrons. The molecule has 0 aliphatic rings. The van der Waals surface area contributed by atoms with Crippen LogP contribution in [0.3, 0.4) is 0 Å². The highest BCUT2D eigenvalue weighted by Crippen LogP contribution is 1.66. The van der Waals surface area contributed by atoms with Crippen molar-refractivity contribution >= 4 is 47.1 Å². The molecular weight excluding hydrogens is 244 g/mol. The molecule has 16 heavy (non-hydrogen) atoms. The number of hydrogen-bond donors (Lipinski definition) is 4. The van der Waals surface area contributed by atoms with Gasteiger partial charge in [-0.3, -0.25) is 10.9 Å². The molecule has 0 fully saturated rings. The van der Waals surface area contributed by atoms with Crippen molar-refractivity contribution in [1.82, 2.24) is 21.5 Å². The van der Waals surface area contributed by atoms with E-state index in [2.05, 4.69) is 31.7 Å². The van der Waals surface area contributed by atoms with Crippen molar-refractivity contribution in [2.24, 2.45) is 10.2 Å². The highest BCUT2D eigenvalue weighted by molar-refractivity contribution is 7.80. The van der Waals surface area contributed by atoms with Gasteiger partial charge in [0.1, 0.15) is 0 Å². The second-order valence-electron chi connectivity index (χ2n) is 2.50. The normalized spacial score (nSPS) is 10.4. The summed E-state index contributed by atoms with van der Waals surface area (Å²) in [7, 11) is 0. The molecule has 0 saturated carbocycles. The standard InChI is InChI=1S/C8H16N6S2/c1-3-9-7(15)13-11-5-6-12-14-8(16)10-4-2/h5-6H,3-4H2,1-2H3,(H2,9,13,15)(H2,10,14,16)/b11-5-,12-6-. The molecule has 0 unspecified atom stereocenters. The Labute approximate surface area is 106 Å². The lowest BCUT2D eigenvalue weighted by Gasteiger charge is -2.02. The van der Waals surface area contributed by atoms with Crippen molar-refractivity contribution in [2.45, 2.75) is 13.8 Å². The first-order chi connectivity index (χ1) is 7.70. The number of hydrazone groups is 2. The van der Waals surface area contributed by atoms with Crippen LogP contribution in [0.1, 0.15) is 13.8 Å². The van der Waals surface area contributed by atoms with Crippen molar-refractivity contribution in [1.29, 1.82) is 0 Å². The topological polar surface area (TPSA) is 72.8 Å². The van der Waals surface area contributed by atoms with E-state index in [9.17, 15) is 0 Å². The second-order valence-corrected chi connectivity index (χ2v) is 3.32. The minimum absolute atomic E-state index is 0.475. The molecule has 0 amide bonds. The molecule has 0 aliphatic heterocycles. The number of nitrogens with zero attached hydrogens (tertiary/aromatic N) is 2. The summed E-state index contributed by atoms with van der Waals surface area (Å²) in [5.41, 5.74) is 5.24. The maximum atomic E-state index is 4.88. The molecule has 0 rings (SSSR count). The van der Waals surface area contributed by atoms with Gasteiger partial charge in [-0.05, 0) is 38.3 Å². The van der Waals surface area contributed by atoms with Crippen LogP contribution in [0.4, 0.5) is 0 Å². The van der Waals surface area contributed by atoms with Crippen molar-refractivity contribution in [3.63, 3.8) is 0 Å². The molecule has 0 aromatic carbocycles. The van der Waals surface area contributed by atoms with Gasteiger partial charge >= 0.3 is 0 Å². The highest BCUT2D eigenvalue weighted by atomic mass is 32.1. The SMILES string of the molecule is CCNC(=S)N/N=C\C=N/NC(=S)NCC. The zero-order valence-electron chi connectivity index (χ0n) is 9.28. The Kier molecular flexibility index (Phi) is 9.43. The predicted octanol–water partition coefficient (Wildman–Crippen LogP) is -0.0740. The summed E-state index contributed by atoms with van der Waals surface area (Å²) in [6.07, 6.45) is 2.93. The third-order valence-corrected chi connectivity index (χ3v) is 1.69. The molecule has 6 nitrogen and oxygen atoms in total. The Hall–Kier alpha value is -1.28. The van der Waals surface area contributed by atoms with Gasteiger partial charge in [-0.1, -0.05) is 0 Å². The van der Waals surface area contributed by atoms with E-state index in [0.717, 1.165) is 13.1 Å². The Morgan fingerprint density at radius 2 is 1.31 bits per heavy atom. The van der Waals surface area contributed by atoms with E-state index in [-0.39, 0.29) is 0 Å². The van der Waals surface area contributed by atoms with Crippen LogP contribution in [0.15, 0.2) is 10.2 Å². The Morgan fingerprint density at radius 3 is 1.62 bits per heavy atom. The largest absolute Gasteiger partial charge is 0.362 e. The molecule has 8 heteroatoms. The van der Waals surface area contributed by atoms with Gasteiger partial charge in [-0.2, -0.15) is 10.2 Å². The monoisotopic (exact) mass is 260 g/mol. The molecule has 0 saturated heterocycles. The minimum Gasteiger partial charge on any atom is -0.362 e. The first-order valence-electron chi connectivity index (χ1n) is 4.83. The van der Waals surface area contributed by atoms with Crippen LogP contribution < -0.4 is 21.5 Å². The average molecular weight is 260 g/mol. The average Bonchev–Trinajstić information content (AvgIpc) is 2.24. The van der Waals surface area contributed by atoms with Gasteiger partial charge in [-0.25, -0.2) is 0 Å². The fourth-order valence-electron chi connectivity index (χ4n) is 0.659. The summed E-state index contributed by atoms with van der Waals surface area (Å²) in [5, 5.41) is 14.3. The third-order valence-electron chi connectivity index (χ3n) is 1.22. The first-order valence-corrected chi connectivity index (χ1v) is 5.64. The molecule has 0 aliphatic carbocycles. The fourth-order valence-corrected chi connectivity index (χ4v) is 1.05. The van der Waals surface area contributed by atoms with E-state index >= 15 is 0 Å². The quantitative estimate of drug-likeness (QED) is 0.315. The van der Waals surface area contributed by atoms with Crippen molar-refractivity contribution in [3.8, 4) is 0 Å². The number of rotatable bonds is 5. The van der Waals surface area contributed by atoms with Gasteiger partial charge in [0.2, 0.25) is 0 Å². The van der Waals surface area contributed by atoms with Crippen molar-refractivity contribution in [2.75, 3.05) is 13.1 Å². The molecule has 0 radical (unpaired) electrons. The number of nitrogens with one attached hydrogen (secondary N) is 4. The van der Waals surface area contributed by atoms with Crippen molar-refractivity contribution in [3.05, 3.63) is 0 Å². The summed E-state index contributed by atoms with van der Waals surface area (Å²) in [4.78, 5) is 0. The predicted molar refractivity (Wildman–Crippen MR) is 75.8 cm³/mol.